The van der Waals surface area contributed by atoms with Gasteiger partial charge in [0, 0.05) is 18.2 Å². The first kappa shape index (κ1) is 16.2. The summed E-state index contributed by atoms with van der Waals surface area (Å²) >= 11 is 0. The Morgan fingerprint density at radius 3 is 3.00 bits per heavy atom. The minimum atomic E-state index is -0.314. The zero-order valence-electron chi connectivity index (χ0n) is 13.1. The Bertz CT molecular complexity index is 452. The monoisotopic (exact) mass is 294 g/mol. The lowest BCUT2D eigenvalue weighted by atomic mass is 10.0. The summed E-state index contributed by atoms with van der Waals surface area (Å²) in [7, 11) is 1.56. The molecule has 1 aromatic rings. The molecule has 2 unspecified atom stereocenters. The van der Waals surface area contributed by atoms with Gasteiger partial charge in [-0.2, -0.15) is 0 Å². The van der Waals surface area contributed by atoms with Gasteiger partial charge in [-0.05, 0) is 50.4 Å². The van der Waals surface area contributed by atoms with Gasteiger partial charge in [-0.25, -0.2) is 4.39 Å². The van der Waals surface area contributed by atoms with Gasteiger partial charge in [-0.15, -0.1) is 0 Å². The number of halogens is 1. The number of rotatable bonds is 7. The van der Waals surface area contributed by atoms with Crippen LogP contribution in [0.5, 0.6) is 5.75 Å². The fraction of sp³-hybridized carbons (Fsp3) is 0.647. The number of nitrogens with two attached hydrogens (primary N) is 1. The van der Waals surface area contributed by atoms with Gasteiger partial charge in [0.05, 0.1) is 7.11 Å². The summed E-state index contributed by atoms with van der Waals surface area (Å²) in [5.74, 6) is 1.11. The lowest BCUT2D eigenvalue weighted by molar-refractivity contribution is 0.303. The van der Waals surface area contributed by atoms with Crippen molar-refractivity contribution in [1.29, 1.82) is 0 Å². The lowest BCUT2D eigenvalue weighted by Crippen LogP contribution is -2.26. The van der Waals surface area contributed by atoms with Crippen LogP contribution < -0.4 is 10.5 Å². The topological polar surface area (TPSA) is 38.5 Å². The summed E-state index contributed by atoms with van der Waals surface area (Å²) in [6.07, 6.45) is 4.61. The largest absolute Gasteiger partial charge is 0.496 e. The van der Waals surface area contributed by atoms with E-state index in [2.05, 4.69) is 11.8 Å². The van der Waals surface area contributed by atoms with E-state index in [1.54, 1.807) is 19.2 Å². The van der Waals surface area contributed by atoms with E-state index >= 15 is 0 Å². The predicted octanol–water partition coefficient (Wildman–Crippen LogP) is 3.35. The van der Waals surface area contributed by atoms with E-state index in [4.69, 9.17) is 10.5 Å². The van der Waals surface area contributed by atoms with E-state index in [0.717, 1.165) is 32.0 Å². The molecule has 1 saturated heterocycles. The third-order valence-electron chi connectivity index (χ3n) is 4.43. The molecule has 0 radical (unpaired) electrons. The molecule has 1 aliphatic heterocycles. The number of ether oxygens (including phenoxy) is 1. The highest BCUT2D eigenvalue weighted by atomic mass is 19.1. The third kappa shape index (κ3) is 4.17. The second-order valence-electron chi connectivity index (χ2n) is 5.99. The van der Waals surface area contributed by atoms with Crippen molar-refractivity contribution >= 4 is 0 Å². The quantitative estimate of drug-likeness (QED) is 0.838. The Hall–Kier alpha value is -1.13. The Kier molecular flexibility index (Phi) is 6.00. The summed E-state index contributed by atoms with van der Waals surface area (Å²) in [6.45, 7) is 5.47. The highest BCUT2D eigenvalue weighted by Gasteiger charge is 2.23. The molecule has 1 aliphatic rings. The minimum Gasteiger partial charge on any atom is -0.496 e. The Morgan fingerprint density at radius 1 is 1.48 bits per heavy atom. The second-order valence-corrected chi connectivity index (χ2v) is 5.99. The smallest absolute Gasteiger partial charge is 0.131 e. The van der Waals surface area contributed by atoms with Crippen molar-refractivity contribution < 1.29 is 9.13 Å². The van der Waals surface area contributed by atoms with Crippen LogP contribution in [0.2, 0.25) is 0 Å². The Morgan fingerprint density at radius 2 is 2.29 bits per heavy atom. The van der Waals surface area contributed by atoms with Crippen molar-refractivity contribution in [2.24, 2.45) is 11.7 Å². The van der Waals surface area contributed by atoms with Crippen LogP contribution in [0.4, 0.5) is 4.39 Å². The van der Waals surface area contributed by atoms with Crippen LogP contribution in [-0.4, -0.2) is 31.6 Å². The van der Waals surface area contributed by atoms with Crippen LogP contribution in [0.3, 0.4) is 0 Å². The average Bonchev–Trinajstić information content (AvgIpc) is 2.92. The normalized spacial score (nSPS) is 20.7. The van der Waals surface area contributed by atoms with E-state index < -0.39 is 0 Å². The van der Waals surface area contributed by atoms with Gasteiger partial charge >= 0.3 is 0 Å². The maximum Gasteiger partial charge on any atom is 0.131 e. The van der Waals surface area contributed by atoms with Gasteiger partial charge in [-0.1, -0.05) is 19.4 Å². The molecular weight excluding hydrogens is 267 g/mol. The van der Waals surface area contributed by atoms with E-state index in [1.807, 2.05) is 0 Å². The van der Waals surface area contributed by atoms with Gasteiger partial charge in [0.2, 0.25) is 0 Å². The summed E-state index contributed by atoms with van der Waals surface area (Å²) < 4.78 is 19.2. The number of nitrogens with zero attached hydrogens (tertiary/aromatic N) is 1. The fourth-order valence-electron chi connectivity index (χ4n) is 3.28. The van der Waals surface area contributed by atoms with Crippen molar-refractivity contribution in [3.63, 3.8) is 0 Å². The van der Waals surface area contributed by atoms with Gasteiger partial charge in [0.15, 0.2) is 0 Å². The van der Waals surface area contributed by atoms with Crippen molar-refractivity contribution in [2.45, 2.75) is 38.6 Å². The number of hydrogen-bond donors (Lipinski definition) is 1. The predicted molar refractivity (Wildman–Crippen MR) is 84.0 cm³/mol. The minimum absolute atomic E-state index is 0.271. The van der Waals surface area contributed by atoms with E-state index in [0.29, 0.717) is 11.3 Å². The van der Waals surface area contributed by atoms with Gasteiger partial charge < -0.3 is 15.4 Å². The summed E-state index contributed by atoms with van der Waals surface area (Å²) in [5.41, 5.74) is 6.70. The maximum absolute atomic E-state index is 14.0. The average molecular weight is 294 g/mol. The van der Waals surface area contributed by atoms with Gasteiger partial charge in [0.25, 0.3) is 0 Å². The third-order valence-corrected chi connectivity index (χ3v) is 4.43. The first-order valence-corrected chi connectivity index (χ1v) is 7.96. The molecule has 21 heavy (non-hydrogen) atoms. The molecule has 4 heteroatoms. The number of methoxy groups -OCH3 is 1. The fourth-order valence-corrected chi connectivity index (χ4v) is 3.28. The Balaban J connectivity index is 1.89. The van der Waals surface area contributed by atoms with Crippen molar-refractivity contribution in [1.82, 2.24) is 4.90 Å². The Labute approximate surface area is 127 Å². The van der Waals surface area contributed by atoms with Crippen LogP contribution in [0, 0.1) is 11.7 Å². The standard InChI is InChI=1S/C17H27FN2O/c1-3-5-13-8-10-20(12-13)11-9-15(19)17-14(18)6-4-7-16(17)21-2/h4,6-7,13,15H,3,5,8-12,19H2,1-2H3. The molecule has 0 spiro atoms. The number of hydrogen-bond acceptors (Lipinski definition) is 3. The maximum atomic E-state index is 14.0. The molecule has 2 rings (SSSR count). The van der Waals surface area contributed by atoms with Crippen LogP contribution in [0.15, 0.2) is 18.2 Å². The molecule has 2 N–H and O–H groups in total. The van der Waals surface area contributed by atoms with E-state index in [1.165, 1.54) is 25.3 Å². The number of likely N-dealkylation sites (tertiary alicyclic amines) is 1. The molecule has 3 nitrogen and oxygen atoms in total. The summed E-state index contributed by atoms with van der Waals surface area (Å²) in [6, 6.07) is 4.56. The number of benzene rings is 1. The van der Waals surface area contributed by atoms with Gasteiger partial charge in [-0.3, -0.25) is 0 Å². The molecule has 0 aliphatic carbocycles. The SMILES string of the molecule is CCCC1CCN(CCC(N)c2c(F)cccc2OC)C1. The molecule has 2 atom stereocenters. The molecule has 0 saturated carbocycles. The molecule has 0 amide bonds. The molecule has 1 fully saturated rings. The molecule has 1 aromatic carbocycles. The van der Waals surface area contributed by atoms with Crippen molar-refractivity contribution in [2.75, 3.05) is 26.7 Å². The molecule has 0 bridgehead atoms. The zero-order chi connectivity index (χ0) is 15.2. The molecular formula is C17H27FN2O. The second kappa shape index (κ2) is 7.76. The van der Waals surface area contributed by atoms with Crippen LogP contribution in [0.1, 0.15) is 44.2 Å². The van der Waals surface area contributed by atoms with Crippen LogP contribution in [-0.2, 0) is 0 Å². The van der Waals surface area contributed by atoms with Gasteiger partial charge in [0.1, 0.15) is 11.6 Å². The lowest BCUT2D eigenvalue weighted by Gasteiger charge is -2.21. The van der Waals surface area contributed by atoms with Crippen molar-refractivity contribution in [3.05, 3.63) is 29.6 Å². The van der Waals surface area contributed by atoms with Crippen LogP contribution in [0.25, 0.3) is 0 Å². The van der Waals surface area contributed by atoms with E-state index in [-0.39, 0.29) is 11.9 Å². The molecule has 1 heterocycles. The highest BCUT2D eigenvalue weighted by Crippen LogP contribution is 2.29. The summed E-state index contributed by atoms with van der Waals surface area (Å²) in [5, 5.41) is 0. The zero-order valence-corrected chi connectivity index (χ0v) is 13.1. The first-order valence-electron chi connectivity index (χ1n) is 7.96. The molecule has 118 valence electrons. The van der Waals surface area contributed by atoms with E-state index in [9.17, 15) is 4.39 Å². The van der Waals surface area contributed by atoms with Crippen molar-refractivity contribution in [3.8, 4) is 5.75 Å². The summed E-state index contributed by atoms with van der Waals surface area (Å²) in [4.78, 5) is 2.45. The molecule has 0 aromatic heterocycles. The first-order chi connectivity index (χ1) is 10.2. The van der Waals surface area contributed by atoms with Crippen LogP contribution >= 0.6 is 0 Å². The highest BCUT2D eigenvalue weighted by molar-refractivity contribution is 5.37.